The number of terminal acetylenes is 1. The summed E-state index contributed by atoms with van der Waals surface area (Å²) < 4.78 is 45.3. The van der Waals surface area contributed by atoms with Gasteiger partial charge in [-0.1, -0.05) is 29.3 Å². The SMILES string of the molecule is C#Cc1cncc(SC2OC3COC3C(N(N)/C=C(\N)c3cc(F)c(Cl)c(F)c3)C2OC)c1. The third-order valence-electron chi connectivity index (χ3n) is 5.42. The van der Waals surface area contributed by atoms with Gasteiger partial charge < -0.3 is 25.0 Å². The number of nitrogens with zero attached hydrogens (tertiary/aromatic N) is 2. The van der Waals surface area contributed by atoms with Crippen molar-refractivity contribution in [2.75, 3.05) is 13.7 Å². The Morgan fingerprint density at radius 2 is 2.09 bits per heavy atom. The van der Waals surface area contributed by atoms with Gasteiger partial charge in [0.25, 0.3) is 0 Å². The van der Waals surface area contributed by atoms with E-state index in [0.717, 1.165) is 17.0 Å². The lowest BCUT2D eigenvalue weighted by atomic mass is 9.93. The molecule has 0 amide bonds. The van der Waals surface area contributed by atoms with Crippen molar-refractivity contribution in [2.24, 2.45) is 11.6 Å². The van der Waals surface area contributed by atoms with Crippen LogP contribution in [0.3, 0.4) is 0 Å². The molecular formula is C22H21ClF2N4O3S. The van der Waals surface area contributed by atoms with Gasteiger partial charge >= 0.3 is 0 Å². The zero-order chi connectivity index (χ0) is 23.7. The number of fused-ring (bicyclic) bond motifs is 1. The number of ether oxygens (including phenoxy) is 3. The van der Waals surface area contributed by atoms with Gasteiger partial charge in [-0.3, -0.25) is 4.98 Å². The number of hydrogen-bond donors (Lipinski definition) is 2. The van der Waals surface area contributed by atoms with Crippen LogP contribution in [0.5, 0.6) is 0 Å². The lowest BCUT2D eigenvalue weighted by Crippen LogP contribution is -2.70. The molecule has 2 aliphatic rings. The van der Waals surface area contributed by atoms with E-state index in [0.29, 0.717) is 12.2 Å². The van der Waals surface area contributed by atoms with Gasteiger partial charge in [-0.2, -0.15) is 0 Å². The van der Waals surface area contributed by atoms with Crippen molar-refractivity contribution in [3.05, 3.63) is 64.6 Å². The number of pyridine rings is 1. The maximum absolute atomic E-state index is 13.9. The van der Waals surface area contributed by atoms with E-state index >= 15 is 0 Å². The molecule has 33 heavy (non-hydrogen) atoms. The Balaban J connectivity index is 1.59. The minimum atomic E-state index is -0.922. The molecule has 174 valence electrons. The first kappa shape index (κ1) is 23.8. The molecule has 1 aromatic heterocycles. The first-order valence-electron chi connectivity index (χ1n) is 9.85. The third-order valence-corrected chi connectivity index (χ3v) is 6.89. The summed E-state index contributed by atoms with van der Waals surface area (Å²) in [7, 11) is 1.54. The lowest BCUT2D eigenvalue weighted by Gasteiger charge is -2.53. The van der Waals surface area contributed by atoms with Crippen molar-refractivity contribution in [1.82, 2.24) is 9.99 Å². The van der Waals surface area contributed by atoms with Crippen molar-refractivity contribution < 1.29 is 23.0 Å². The first-order chi connectivity index (χ1) is 15.8. The topological polar surface area (TPSA) is 95.9 Å². The van der Waals surface area contributed by atoms with Crippen LogP contribution in [0, 0.1) is 24.0 Å². The highest BCUT2D eigenvalue weighted by Gasteiger charge is 2.53. The molecule has 5 unspecified atom stereocenters. The monoisotopic (exact) mass is 494 g/mol. The van der Waals surface area contributed by atoms with Gasteiger partial charge in [0, 0.05) is 41.7 Å². The first-order valence-corrected chi connectivity index (χ1v) is 11.1. The van der Waals surface area contributed by atoms with E-state index in [1.54, 1.807) is 12.4 Å². The Bertz CT molecular complexity index is 1090. The van der Waals surface area contributed by atoms with Gasteiger partial charge in [-0.05, 0) is 18.2 Å². The predicted molar refractivity (Wildman–Crippen MR) is 121 cm³/mol. The third kappa shape index (κ3) is 4.80. The minimum absolute atomic E-state index is 0.0410. The molecule has 11 heteroatoms. The summed E-state index contributed by atoms with van der Waals surface area (Å²) in [6, 6.07) is 3.41. The largest absolute Gasteiger partial charge is 0.397 e. The van der Waals surface area contributed by atoms with Crippen LogP contribution in [0.15, 0.2) is 41.7 Å². The van der Waals surface area contributed by atoms with E-state index in [1.807, 2.05) is 6.07 Å². The highest BCUT2D eigenvalue weighted by Crippen LogP contribution is 2.40. The second kappa shape index (κ2) is 9.85. The quantitative estimate of drug-likeness (QED) is 0.274. The highest BCUT2D eigenvalue weighted by atomic mass is 35.5. The van der Waals surface area contributed by atoms with Crippen LogP contribution in [0.1, 0.15) is 11.1 Å². The molecule has 4 rings (SSSR count). The molecule has 2 aliphatic heterocycles. The Kier molecular flexibility index (Phi) is 7.09. The maximum Gasteiger partial charge on any atom is 0.145 e. The number of methoxy groups -OCH3 is 1. The molecule has 0 spiro atoms. The maximum atomic E-state index is 13.9. The molecule has 0 bridgehead atoms. The number of thioether (sulfide) groups is 1. The molecule has 2 saturated heterocycles. The van der Waals surface area contributed by atoms with Gasteiger partial charge in [0.15, 0.2) is 0 Å². The van der Waals surface area contributed by atoms with Crippen LogP contribution >= 0.6 is 23.4 Å². The number of rotatable bonds is 6. The van der Waals surface area contributed by atoms with E-state index in [4.69, 9.17) is 43.8 Å². The van der Waals surface area contributed by atoms with E-state index in [1.165, 1.54) is 30.1 Å². The fourth-order valence-corrected chi connectivity index (χ4v) is 5.04. The molecule has 7 nitrogen and oxygen atoms in total. The second-order valence-corrected chi connectivity index (χ2v) is 9.04. The number of hydrogen-bond acceptors (Lipinski definition) is 8. The van der Waals surface area contributed by atoms with E-state index in [-0.39, 0.29) is 23.5 Å². The van der Waals surface area contributed by atoms with Crippen LogP contribution in [-0.2, 0) is 14.2 Å². The van der Waals surface area contributed by atoms with Crippen LogP contribution in [0.2, 0.25) is 5.02 Å². The number of benzene rings is 1. The number of halogens is 3. The average molecular weight is 495 g/mol. The number of hydrazine groups is 1. The highest BCUT2D eigenvalue weighted by molar-refractivity contribution is 7.99. The zero-order valence-corrected chi connectivity index (χ0v) is 19.0. The van der Waals surface area contributed by atoms with Gasteiger partial charge in [-0.15, -0.1) is 6.42 Å². The van der Waals surface area contributed by atoms with Gasteiger partial charge in [0.1, 0.15) is 46.4 Å². The van der Waals surface area contributed by atoms with Crippen molar-refractivity contribution in [2.45, 2.75) is 34.7 Å². The molecule has 0 radical (unpaired) electrons. The molecule has 4 N–H and O–H groups in total. The normalized spacial score (nSPS) is 26.8. The summed E-state index contributed by atoms with van der Waals surface area (Å²) in [5, 5.41) is 0.728. The predicted octanol–water partition coefficient (Wildman–Crippen LogP) is 2.73. The number of nitrogens with two attached hydrogens (primary N) is 2. The molecule has 1 aromatic carbocycles. The summed E-state index contributed by atoms with van der Waals surface area (Å²) in [5.41, 5.74) is 6.41. The van der Waals surface area contributed by atoms with Crippen LogP contribution in [0.25, 0.3) is 5.70 Å². The summed E-state index contributed by atoms with van der Waals surface area (Å²) in [4.78, 5) is 4.96. The van der Waals surface area contributed by atoms with Crippen molar-refractivity contribution in [3.8, 4) is 12.3 Å². The lowest BCUT2D eigenvalue weighted by molar-refractivity contribution is -0.272. The van der Waals surface area contributed by atoms with E-state index in [2.05, 4.69) is 10.9 Å². The van der Waals surface area contributed by atoms with Crippen molar-refractivity contribution >= 4 is 29.1 Å². The van der Waals surface area contributed by atoms with Crippen LogP contribution < -0.4 is 11.6 Å². The average Bonchev–Trinajstić information content (AvgIpc) is 2.78. The zero-order valence-electron chi connectivity index (χ0n) is 17.5. The molecule has 5 atom stereocenters. The van der Waals surface area contributed by atoms with Gasteiger partial charge in [0.05, 0.1) is 12.3 Å². The van der Waals surface area contributed by atoms with E-state index in [9.17, 15) is 8.78 Å². The summed E-state index contributed by atoms with van der Waals surface area (Å²) in [6.45, 7) is 0.401. The second-order valence-electron chi connectivity index (χ2n) is 7.49. The number of aromatic nitrogens is 1. The smallest absolute Gasteiger partial charge is 0.145 e. The van der Waals surface area contributed by atoms with Crippen LogP contribution in [0.4, 0.5) is 8.78 Å². The van der Waals surface area contributed by atoms with E-state index < -0.39 is 34.2 Å². The standard InChI is InChI=1S/C22H21ClF2N4O3S/c1-3-11-4-13(8-28-7-11)33-22-21(30-2)19(20-17(32-22)10-31-20)29(27)9-16(26)12-5-14(24)18(23)15(25)6-12/h1,4-9,17,19-22H,10,26-27H2,2H3/b16-9-. The molecule has 0 saturated carbocycles. The molecule has 0 aliphatic carbocycles. The Labute approximate surface area is 199 Å². The molecule has 2 fully saturated rings. The molecular weight excluding hydrogens is 474 g/mol. The fourth-order valence-electron chi connectivity index (χ4n) is 3.74. The van der Waals surface area contributed by atoms with Crippen molar-refractivity contribution in [3.63, 3.8) is 0 Å². The fraction of sp³-hybridized carbons (Fsp3) is 0.318. The summed E-state index contributed by atoms with van der Waals surface area (Å²) in [5.74, 6) is 7.05. The van der Waals surface area contributed by atoms with Gasteiger partial charge in [-0.25, -0.2) is 14.6 Å². The molecule has 3 heterocycles. The van der Waals surface area contributed by atoms with Crippen molar-refractivity contribution in [1.29, 1.82) is 0 Å². The van der Waals surface area contributed by atoms with Crippen LogP contribution in [-0.4, -0.2) is 53.5 Å². The summed E-state index contributed by atoms with van der Waals surface area (Å²) >= 11 is 6.95. The Morgan fingerprint density at radius 1 is 1.36 bits per heavy atom. The Hall–Kier alpha value is -2.39. The van der Waals surface area contributed by atoms with Gasteiger partial charge in [0.2, 0.25) is 0 Å². The summed E-state index contributed by atoms with van der Waals surface area (Å²) in [6.07, 6.45) is 8.99. The minimum Gasteiger partial charge on any atom is -0.397 e. The molecule has 2 aromatic rings. The Morgan fingerprint density at radius 3 is 2.70 bits per heavy atom.